The predicted octanol–water partition coefficient (Wildman–Crippen LogP) is 3.25. The van der Waals surface area contributed by atoms with Crippen LogP contribution in [0.3, 0.4) is 0 Å². The van der Waals surface area contributed by atoms with E-state index < -0.39 is 0 Å². The maximum atomic E-state index is 12.7. The van der Waals surface area contributed by atoms with E-state index in [2.05, 4.69) is 10.4 Å². The molecule has 0 atom stereocenters. The summed E-state index contributed by atoms with van der Waals surface area (Å²) in [4.78, 5) is 26.2. The Hall–Kier alpha value is -1.90. The molecule has 1 N–H and O–H groups in total. The van der Waals surface area contributed by atoms with Gasteiger partial charge in [-0.2, -0.15) is 0 Å². The first kappa shape index (κ1) is 16.6. The molecule has 1 saturated carbocycles. The zero-order valence-electron chi connectivity index (χ0n) is 13.1. The van der Waals surface area contributed by atoms with E-state index in [0.29, 0.717) is 22.3 Å². The van der Waals surface area contributed by atoms with Crippen LogP contribution in [0.25, 0.3) is 10.7 Å². The van der Waals surface area contributed by atoms with Gasteiger partial charge in [-0.15, -0.1) is 27.8 Å². The lowest BCUT2D eigenvalue weighted by Gasteiger charge is -2.02. The minimum absolute atomic E-state index is 0.112. The third kappa shape index (κ3) is 3.42. The van der Waals surface area contributed by atoms with Gasteiger partial charge in [-0.1, -0.05) is 17.7 Å². The minimum atomic E-state index is -0.190. The second kappa shape index (κ2) is 6.78. The number of carbonyl (C=O) groups excluding carboxylic acids is 1. The van der Waals surface area contributed by atoms with Crippen LogP contribution in [0, 0.1) is 0 Å². The van der Waals surface area contributed by atoms with E-state index in [1.54, 1.807) is 28.0 Å². The lowest BCUT2D eigenvalue weighted by atomic mass is 10.4. The summed E-state index contributed by atoms with van der Waals surface area (Å²) in [5.74, 6) is 0.531. The smallest absolute Gasteiger partial charge is 0.346 e. The number of nitrogens with one attached hydrogen (secondary N) is 1. The van der Waals surface area contributed by atoms with Gasteiger partial charge < -0.3 is 5.32 Å². The molecule has 3 heterocycles. The van der Waals surface area contributed by atoms with Gasteiger partial charge >= 0.3 is 5.69 Å². The number of hydrogen-bond donors (Lipinski definition) is 1. The average Bonchev–Trinajstić information content (AvgIpc) is 3.00. The third-order valence-electron chi connectivity index (χ3n) is 3.93. The maximum Gasteiger partial charge on any atom is 0.346 e. The fourth-order valence-electron chi connectivity index (χ4n) is 2.60. The number of nitrogens with zero attached hydrogens (tertiary/aromatic N) is 3. The Balaban J connectivity index is 1.48. The Kier molecular flexibility index (Phi) is 4.49. The first-order chi connectivity index (χ1) is 12.1. The summed E-state index contributed by atoms with van der Waals surface area (Å²) < 4.78 is 3.80. The molecule has 0 spiro atoms. The number of hydrogen-bond acceptors (Lipinski definition) is 5. The van der Waals surface area contributed by atoms with E-state index in [-0.39, 0.29) is 17.6 Å². The zero-order chi connectivity index (χ0) is 17.4. The SMILES string of the molecule is O=C(NCCn1nc(-c2cccs2)n(C2CC2)c1=O)c1ccc(Cl)s1. The Labute approximate surface area is 156 Å². The predicted molar refractivity (Wildman–Crippen MR) is 99.7 cm³/mol. The molecular weight excluding hydrogens is 380 g/mol. The van der Waals surface area contributed by atoms with Crippen molar-refractivity contribution in [3.05, 3.63) is 49.3 Å². The van der Waals surface area contributed by atoms with Crippen LogP contribution in [0.15, 0.2) is 34.4 Å². The highest BCUT2D eigenvalue weighted by atomic mass is 35.5. The largest absolute Gasteiger partial charge is 0.349 e. The van der Waals surface area contributed by atoms with Crippen LogP contribution < -0.4 is 11.0 Å². The van der Waals surface area contributed by atoms with Crippen LogP contribution >= 0.6 is 34.3 Å². The monoisotopic (exact) mass is 394 g/mol. The fraction of sp³-hybridized carbons (Fsp3) is 0.312. The Bertz CT molecular complexity index is 953. The molecule has 25 heavy (non-hydrogen) atoms. The second-order valence-corrected chi connectivity index (χ2v) is 8.43. The molecule has 6 nitrogen and oxygen atoms in total. The van der Waals surface area contributed by atoms with Crippen molar-refractivity contribution in [2.75, 3.05) is 6.54 Å². The van der Waals surface area contributed by atoms with Gasteiger partial charge in [0.05, 0.1) is 20.6 Å². The van der Waals surface area contributed by atoms with Crippen molar-refractivity contribution in [2.24, 2.45) is 0 Å². The summed E-state index contributed by atoms with van der Waals surface area (Å²) in [7, 11) is 0. The molecule has 4 rings (SSSR count). The molecule has 0 aliphatic heterocycles. The number of halogens is 1. The average molecular weight is 395 g/mol. The fourth-order valence-corrected chi connectivity index (χ4v) is 4.27. The quantitative estimate of drug-likeness (QED) is 0.697. The van der Waals surface area contributed by atoms with Crippen molar-refractivity contribution in [1.82, 2.24) is 19.7 Å². The molecule has 1 fully saturated rings. The molecule has 1 aliphatic carbocycles. The highest BCUT2D eigenvalue weighted by molar-refractivity contribution is 7.18. The minimum Gasteiger partial charge on any atom is -0.349 e. The number of aromatic nitrogens is 3. The number of amides is 1. The van der Waals surface area contributed by atoms with Crippen molar-refractivity contribution in [2.45, 2.75) is 25.4 Å². The Morgan fingerprint density at radius 1 is 1.36 bits per heavy atom. The molecule has 0 radical (unpaired) electrons. The highest BCUT2D eigenvalue weighted by Crippen LogP contribution is 2.37. The Morgan fingerprint density at radius 2 is 2.20 bits per heavy atom. The van der Waals surface area contributed by atoms with Gasteiger partial charge in [0.2, 0.25) is 0 Å². The molecule has 130 valence electrons. The van der Waals surface area contributed by atoms with Crippen molar-refractivity contribution in [1.29, 1.82) is 0 Å². The van der Waals surface area contributed by atoms with Crippen molar-refractivity contribution >= 4 is 40.2 Å². The normalized spacial score (nSPS) is 14.0. The molecule has 1 amide bonds. The number of rotatable bonds is 6. The topological polar surface area (TPSA) is 68.9 Å². The molecule has 0 bridgehead atoms. The van der Waals surface area contributed by atoms with Crippen LogP contribution in [0.4, 0.5) is 0 Å². The van der Waals surface area contributed by atoms with Crippen molar-refractivity contribution in [3.63, 3.8) is 0 Å². The molecule has 0 saturated heterocycles. The van der Waals surface area contributed by atoms with Crippen LogP contribution in [0.5, 0.6) is 0 Å². The maximum absolute atomic E-state index is 12.7. The van der Waals surface area contributed by atoms with E-state index in [9.17, 15) is 9.59 Å². The molecule has 1 aliphatic rings. The lowest BCUT2D eigenvalue weighted by molar-refractivity contribution is 0.0956. The summed E-state index contributed by atoms with van der Waals surface area (Å²) in [6.45, 7) is 0.668. The van der Waals surface area contributed by atoms with Crippen LogP contribution in [0.1, 0.15) is 28.6 Å². The molecule has 9 heteroatoms. The van der Waals surface area contributed by atoms with Crippen molar-refractivity contribution < 1.29 is 4.79 Å². The van der Waals surface area contributed by atoms with Gasteiger partial charge in [0.15, 0.2) is 5.82 Å². The first-order valence-corrected chi connectivity index (χ1v) is 9.97. The van der Waals surface area contributed by atoms with Gasteiger partial charge in [-0.3, -0.25) is 9.36 Å². The van der Waals surface area contributed by atoms with Gasteiger partial charge in [-0.25, -0.2) is 9.48 Å². The third-order valence-corrected chi connectivity index (χ3v) is 6.03. The molecular formula is C16H15ClN4O2S2. The zero-order valence-corrected chi connectivity index (χ0v) is 15.5. The lowest BCUT2D eigenvalue weighted by Crippen LogP contribution is -2.31. The van der Waals surface area contributed by atoms with Crippen molar-refractivity contribution in [3.8, 4) is 10.7 Å². The number of carbonyl (C=O) groups is 1. The molecule has 3 aromatic rings. The standard InChI is InChI=1S/C16H15ClN4O2S2/c17-13-6-5-12(25-13)15(22)18-7-8-20-16(23)21(10-3-4-10)14(19-20)11-2-1-9-24-11/h1-2,5-6,9-10H,3-4,7-8H2,(H,18,22). The van der Waals surface area contributed by atoms with E-state index in [4.69, 9.17) is 11.6 Å². The van der Waals surface area contributed by atoms with E-state index >= 15 is 0 Å². The summed E-state index contributed by atoms with van der Waals surface area (Å²) in [6, 6.07) is 7.55. The number of thiophene rings is 2. The van der Waals surface area contributed by atoms with Gasteiger partial charge in [0, 0.05) is 12.6 Å². The Morgan fingerprint density at radius 3 is 2.84 bits per heavy atom. The molecule has 0 unspecified atom stereocenters. The first-order valence-electron chi connectivity index (χ1n) is 7.90. The molecule has 3 aromatic heterocycles. The second-order valence-electron chi connectivity index (χ2n) is 5.77. The van der Waals surface area contributed by atoms with Crippen LogP contribution in [-0.4, -0.2) is 26.8 Å². The summed E-state index contributed by atoms with van der Waals surface area (Å²) in [5.41, 5.74) is -0.112. The molecule has 0 aromatic carbocycles. The van der Waals surface area contributed by atoms with Gasteiger partial charge in [-0.05, 0) is 36.4 Å². The van der Waals surface area contributed by atoms with E-state index in [1.807, 2.05) is 17.5 Å². The van der Waals surface area contributed by atoms with E-state index in [1.165, 1.54) is 16.0 Å². The summed E-state index contributed by atoms with van der Waals surface area (Å²) in [6.07, 6.45) is 2.03. The van der Waals surface area contributed by atoms with Gasteiger partial charge in [0.25, 0.3) is 5.91 Å². The van der Waals surface area contributed by atoms with Crippen LogP contribution in [0.2, 0.25) is 4.34 Å². The van der Waals surface area contributed by atoms with Crippen LogP contribution in [-0.2, 0) is 6.54 Å². The highest BCUT2D eigenvalue weighted by Gasteiger charge is 2.30. The summed E-state index contributed by atoms with van der Waals surface area (Å²) in [5, 5.41) is 9.27. The summed E-state index contributed by atoms with van der Waals surface area (Å²) >= 11 is 8.64. The van der Waals surface area contributed by atoms with Gasteiger partial charge in [0.1, 0.15) is 0 Å². The van der Waals surface area contributed by atoms with E-state index in [0.717, 1.165) is 23.5 Å².